The molecule has 0 aromatic heterocycles. The molecule has 0 aromatic carbocycles. The second kappa shape index (κ2) is 6.64. The van der Waals surface area contributed by atoms with Crippen LogP contribution in [-0.4, -0.2) is 22.8 Å². The normalized spacial score (nSPS) is 33.4. The van der Waals surface area contributed by atoms with Crippen molar-refractivity contribution in [2.45, 2.75) is 52.9 Å². The fourth-order valence-electron chi connectivity index (χ4n) is 4.98. The number of fused-ring (bicyclic) bond motifs is 1. The summed E-state index contributed by atoms with van der Waals surface area (Å²) in [4.78, 5) is 10.8. The minimum atomic E-state index is -0.987. The molecule has 0 saturated heterocycles. The van der Waals surface area contributed by atoms with Crippen molar-refractivity contribution in [1.29, 1.82) is 0 Å². The van der Waals surface area contributed by atoms with Crippen LogP contribution in [0.3, 0.4) is 0 Å². The molecule has 3 atom stereocenters. The van der Waals surface area contributed by atoms with Crippen LogP contribution in [0.15, 0.2) is 36.0 Å². The van der Waals surface area contributed by atoms with Gasteiger partial charge in [0.15, 0.2) is 0 Å². The Morgan fingerprint density at radius 3 is 2.70 bits per heavy atom. The van der Waals surface area contributed by atoms with E-state index in [9.17, 15) is 9.90 Å². The third-order valence-corrected chi connectivity index (χ3v) is 6.12. The molecule has 2 aliphatic rings. The van der Waals surface area contributed by atoms with Crippen LogP contribution in [0.5, 0.6) is 0 Å². The van der Waals surface area contributed by atoms with Gasteiger partial charge in [-0.3, -0.25) is 0 Å². The molecular weight excluding hydrogens is 288 g/mol. The van der Waals surface area contributed by atoms with E-state index in [1.165, 1.54) is 19.3 Å². The fourth-order valence-corrected chi connectivity index (χ4v) is 4.98. The summed E-state index contributed by atoms with van der Waals surface area (Å²) < 4.78 is 0. The molecule has 1 fully saturated rings. The molecule has 0 unspecified atom stereocenters. The number of aliphatic hydroxyl groups is 1. The average molecular weight is 318 g/mol. The van der Waals surface area contributed by atoms with E-state index in [0.29, 0.717) is 29.2 Å². The van der Waals surface area contributed by atoms with Crippen molar-refractivity contribution >= 4 is 5.97 Å². The zero-order valence-corrected chi connectivity index (χ0v) is 14.6. The number of allylic oxidation sites excluding steroid dienone is 3. The molecule has 0 spiro atoms. The molecule has 3 heteroatoms. The van der Waals surface area contributed by atoms with E-state index in [1.807, 2.05) is 0 Å². The predicted octanol–water partition coefficient (Wildman–Crippen LogP) is 4.34. The van der Waals surface area contributed by atoms with Crippen molar-refractivity contribution in [2.24, 2.45) is 22.7 Å². The second-order valence-electron chi connectivity index (χ2n) is 8.15. The Morgan fingerprint density at radius 2 is 2.09 bits per heavy atom. The molecule has 0 radical (unpaired) electrons. The van der Waals surface area contributed by atoms with Gasteiger partial charge in [0.2, 0.25) is 0 Å². The van der Waals surface area contributed by atoms with E-state index in [2.05, 4.69) is 39.5 Å². The minimum absolute atomic E-state index is 0.178. The number of carboxylic acids is 1. The molecule has 0 amide bonds. The van der Waals surface area contributed by atoms with Crippen molar-refractivity contribution in [3.8, 4) is 0 Å². The van der Waals surface area contributed by atoms with Crippen LogP contribution in [0, 0.1) is 22.7 Å². The summed E-state index contributed by atoms with van der Waals surface area (Å²) in [7, 11) is 0. The van der Waals surface area contributed by atoms with Crippen LogP contribution in [0.4, 0.5) is 0 Å². The van der Waals surface area contributed by atoms with Crippen LogP contribution < -0.4 is 0 Å². The van der Waals surface area contributed by atoms with Crippen molar-refractivity contribution < 1.29 is 15.0 Å². The lowest BCUT2D eigenvalue weighted by atomic mass is 9.49. The number of rotatable bonds is 5. The summed E-state index contributed by atoms with van der Waals surface area (Å²) in [6.45, 7) is 11.2. The highest BCUT2D eigenvalue weighted by molar-refractivity contribution is 5.80. The first kappa shape index (κ1) is 18.0. The Balaban J connectivity index is 2.22. The monoisotopic (exact) mass is 318 g/mol. The van der Waals surface area contributed by atoms with Crippen LogP contribution in [0.2, 0.25) is 0 Å². The van der Waals surface area contributed by atoms with E-state index in [4.69, 9.17) is 5.11 Å². The lowest BCUT2D eigenvalue weighted by Crippen LogP contribution is -2.47. The summed E-state index contributed by atoms with van der Waals surface area (Å²) in [5.74, 6) is -0.111. The topological polar surface area (TPSA) is 57.5 Å². The molecule has 23 heavy (non-hydrogen) atoms. The Hall–Kier alpha value is -1.35. The third-order valence-electron chi connectivity index (χ3n) is 6.12. The molecule has 2 aliphatic carbocycles. The summed E-state index contributed by atoms with van der Waals surface area (Å²) in [6, 6.07) is 0. The van der Waals surface area contributed by atoms with Crippen LogP contribution >= 0.6 is 0 Å². The zero-order valence-electron chi connectivity index (χ0n) is 14.6. The van der Waals surface area contributed by atoms with Gasteiger partial charge >= 0.3 is 5.97 Å². The van der Waals surface area contributed by atoms with E-state index in [1.54, 1.807) is 0 Å². The van der Waals surface area contributed by atoms with E-state index in [0.717, 1.165) is 18.1 Å². The number of hydrogen-bond donors (Lipinski definition) is 2. The van der Waals surface area contributed by atoms with Gasteiger partial charge in [0.1, 0.15) is 0 Å². The minimum Gasteiger partial charge on any atom is -0.478 e. The maximum absolute atomic E-state index is 10.8. The molecule has 2 rings (SSSR count). The second-order valence-corrected chi connectivity index (χ2v) is 8.15. The molecule has 128 valence electrons. The van der Waals surface area contributed by atoms with E-state index < -0.39 is 5.97 Å². The lowest BCUT2D eigenvalue weighted by molar-refractivity contribution is -0.131. The van der Waals surface area contributed by atoms with Gasteiger partial charge in [-0.2, -0.15) is 0 Å². The van der Waals surface area contributed by atoms with Gasteiger partial charge in [-0.05, 0) is 53.9 Å². The zero-order chi connectivity index (χ0) is 17.3. The number of carbonyl (C=O) groups is 1. The largest absolute Gasteiger partial charge is 0.478 e. The van der Waals surface area contributed by atoms with Crippen molar-refractivity contribution in [3.63, 3.8) is 0 Å². The predicted molar refractivity (Wildman–Crippen MR) is 93.0 cm³/mol. The van der Waals surface area contributed by atoms with Gasteiger partial charge in [-0.25, -0.2) is 4.79 Å². The Kier molecular flexibility index (Phi) is 5.20. The third kappa shape index (κ3) is 3.60. The summed E-state index contributed by atoms with van der Waals surface area (Å²) in [5, 5.41) is 18.3. The molecular formula is C20H30O3. The average Bonchev–Trinajstić information content (AvgIpc) is 2.43. The standard InChI is InChI=1S/C20H30O3/c1-14-6-9-17-19(2,3)10-5-11-20(17,4)16(14)8-7-15(13-21)12-18(22)23/h6,9,12,16-17,21H,1,5,7-8,10-11,13H2,2-4H3,(H,22,23)/b15-12+/t16-,17-,20+/m1/s1. The summed E-state index contributed by atoms with van der Waals surface area (Å²) in [6.07, 6.45) is 10.8. The van der Waals surface area contributed by atoms with Gasteiger partial charge in [0.25, 0.3) is 0 Å². The summed E-state index contributed by atoms with van der Waals surface area (Å²) in [5.41, 5.74) is 2.21. The van der Waals surface area contributed by atoms with Gasteiger partial charge in [0, 0.05) is 6.08 Å². The molecule has 0 aromatic rings. The summed E-state index contributed by atoms with van der Waals surface area (Å²) >= 11 is 0. The quantitative estimate of drug-likeness (QED) is 0.741. The van der Waals surface area contributed by atoms with Gasteiger partial charge < -0.3 is 10.2 Å². The maximum Gasteiger partial charge on any atom is 0.328 e. The molecule has 1 saturated carbocycles. The first-order valence-corrected chi connectivity index (χ1v) is 8.61. The first-order chi connectivity index (χ1) is 10.7. The Bertz CT molecular complexity index is 541. The molecule has 0 heterocycles. The van der Waals surface area contributed by atoms with Crippen molar-refractivity contribution in [3.05, 3.63) is 36.0 Å². The Labute approximate surface area is 139 Å². The highest BCUT2D eigenvalue weighted by atomic mass is 16.4. The smallest absolute Gasteiger partial charge is 0.328 e. The SMILES string of the molecule is C=C1C=C[C@@H]2C(C)(C)CCC[C@@]2(C)[C@@H]1CC/C(=C\C(=O)O)CO. The number of aliphatic hydroxyl groups excluding tert-OH is 1. The lowest BCUT2D eigenvalue weighted by Gasteiger charge is -2.55. The van der Waals surface area contributed by atoms with Crippen LogP contribution in [0.25, 0.3) is 0 Å². The molecule has 2 N–H and O–H groups in total. The fraction of sp³-hybridized carbons (Fsp3) is 0.650. The number of aliphatic carboxylic acids is 1. The van der Waals surface area contributed by atoms with Gasteiger partial charge in [-0.1, -0.05) is 51.5 Å². The van der Waals surface area contributed by atoms with Crippen molar-refractivity contribution in [2.75, 3.05) is 6.61 Å². The van der Waals surface area contributed by atoms with E-state index in [-0.39, 0.29) is 12.0 Å². The number of hydrogen-bond acceptors (Lipinski definition) is 2. The van der Waals surface area contributed by atoms with Crippen LogP contribution in [-0.2, 0) is 4.79 Å². The first-order valence-electron chi connectivity index (χ1n) is 8.61. The highest BCUT2D eigenvalue weighted by Gasteiger charge is 2.50. The maximum atomic E-state index is 10.8. The number of carboxylic acid groups (broad SMARTS) is 1. The Morgan fingerprint density at radius 1 is 1.39 bits per heavy atom. The van der Waals surface area contributed by atoms with Crippen LogP contribution in [0.1, 0.15) is 52.9 Å². The van der Waals surface area contributed by atoms with Gasteiger partial charge in [-0.15, -0.1) is 0 Å². The van der Waals surface area contributed by atoms with Gasteiger partial charge in [0.05, 0.1) is 6.61 Å². The van der Waals surface area contributed by atoms with E-state index >= 15 is 0 Å². The highest BCUT2D eigenvalue weighted by Crippen LogP contribution is 2.59. The molecule has 0 aliphatic heterocycles. The molecule has 3 nitrogen and oxygen atoms in total. The van der Waals surface area contributed by atoms with Crippen molar-refractivity contribution in [1.82, 2.24) is 0 Å². The molecule has 0 bridgehead atoms.